The first-order valence-electron chi connectivity index (χ1n) is 11.7. The summed E-state index contributed by atoms with van der Waals surface area (Å²) in [7, 11) is 0. The molecule has 1 aromatic carbocycles. The van der Waals surface area contributed by atoms with Crippen molar-refractivity contribution in [2.45, 2.75) is 63.2 Å². The Kier molecular flexibility index (Phi) is 6.71. The standard InChI is InChI=1S/C24H31ClN2O6/c1-3-23-11-12-24(33-23)17(18(23)22(31)32-4-2)21(30)27(13-5-6-14-28)19(24)20(29)26-16-9-7-15(25)8-10-16/h7-10,17-19,28H,3-6,11-14H2,1-2H3,(H,26,29)/t17-,18-,19?,23+,24?/m0/s1. The maximum atomic E-state index is 13.7. The van der Waals surface area contributed by atoms with Crippen LogP contribution >= 0.6 is 11.6 Å². The highest BCUT2D eigenvalue weighted by molar-refractivity contribution is 6.30. The molecule has 0 saturated carbocycles. The van der Waals surface area contributed by atoms with Crippen molar-refractivity contribution in [3.63, 3.8) is 0 Å². The number of ether oxygens (including phenoxy) is 2. The number of halogens is 1. The molecule has 2 bridgehead atoms. The van der Waals surface area contributed by atoms with Crippen LogP contribution in [0.15, 0.2) is 24.3 Å². The van der Waals surface area contributed by atoms with Crippen molar-refractivity contribution in [2.24, 2.45) is 11.8 Å². The molecule has 3 saturated heterocycles. The van der Waals surface area contributed by atoms with Gasteiger partial charge in [-0.1, -0.05) is 18.5 Å². The van der Waals surface area contributed by atoms with Crippen LogP contribution in [0.3, 0.4) is 0 Å². The van der Waals surface area contributed by atoms with Gasteiger partial charge in [-0.3, -0.25) is 14.4 Å². The molecule has 33 heavy (non-hydrogen) atoms. The fourth-order valence-corrected chi connectivity index (χ4v) is 6.11. The Labute approximate surface area is 198 Å². The molecule has 2 amide bonds. The summed E-state index contributed by atoms with van der Waals surface area (Å²) in [5, 5.41) is 12.7. The van der Waals surface area contributed by atoms with E-state index >= 15 is 0 Å². The van der Waals surface area contributed by atoms with E-state index in [1.165, 1.54) is 0 Å². The zero-order chi connectivity index (χ0) is 23.8. The molecule has 9 heteroatoms. The van der Waals surface area contributed by atoms with Crippen LogP contribution in [0.4, 0.5) is 5.69 Å². The third-order valence-corrected chi connectivity index (χ3v) is 7.64. The van der Waals surface area contributed by atoms with E-state index in [9.17, 15) is 19.5 Å². The number of benzene rings is 1. The number of unbranched alkanes of at least 4 members (excludes halogenated alkanes) is 1. The molecular weight excluding hydrogens is 448 g/mol. The summed E-state index contributed by atoms with van der Waals surface area (Å²) in [6.45, 7) is 4.19. The summed E-state index contributed by atoms with van der Waals surface area (Å²) in [5.74, 6) is -2.54. The Balaban J connectivity index is 1.71. The molecule has 3 fully saturated rings. The fourth-order valence-electron chi connectivity index (χ4n) is 5.99. The van der Waals surface area contributed by atoms with E-state index in [1.54, 1.807) is 36.1 Å². The van der Waals surface area contributed by atoms with Crippen molar-refractivity contribution in [1.82, 2.24) is 4.90 Å². The van der Waals surface area contributed by atoms with E-state index in [0.29, 0.717) is 49.4 Å². The minimum Gasteiger partial charge on any atom is -0.466 e. The van der Waals surface area contributed by atoms with E-state index in [2.05, 4.69) is 5.32 Å². The van der Waals surface area contributed by atoms with Crippen LogP contribution in [-0.4, -0.2) is 64.8 Å². The first-order chi connectivity index (χ1) is 15.8. The van der Waals surface area contributed by atoms with Crippen LogP contribution in [-0.2, 0) is 23.9 Å². The maximum Gasteiger partial charge on any atom is 0.312 e. The Morgan fingerprint density at radius 3 is 2.61 bits per heavy atom. The van der Waals surface area contributed by atoms with Gasteiger partial charge in [0.05, 0.1) is 18.1 Å². The number of rotatable bonds is 9. The zero-order valence-corrected chi connectivity index (χ0v) is 19.8. The van der Waals surface area contributed by atoms with Crippen molar-refractivity contribution < 1.29 is 29.0 Å². The van der Waals surface area contributed by atoms with Gasteiger partial charge in [0.25, 0.3) is 0 Å². The average Bonchev–Trinajstić information content (AvgIpc) is 3.39. The topological polar surface area (TPSA) is 105 Å². The number of carbonyl (C=O) groups excluding carboxylic acids is 3. The van der Waals surface area contributed by atoms with E-state index < -0.39 is 35.0 Å². The number of hydrogen-bond donors (Lipinski definition) is 2. The molecule has 3 aliphatic rings. The highest BCUT2D eigenvalue weighted by atomic mass is 35.5. The van der Waals surface area contributed by atoms with Crippen molar-refractivity contribution >= 4 is 35.1 Å². The third-order valence-electron chi connectivity index (χ3n) is 7.39. The lowest BCUT2D eigenvalue weighted by atomic mass is 9.65. The molecule has 0 aromatic heterocycles. The second kappa shape index (κ2) is 9.24. The highest BCUT2D eigenvalue weighted by Crippen LogP contribution is 2.64. The predicted octanol–water partition coefficient (Wildman–Crippen LogP) is 2.77. The normalized spacial score (nSPS) is 32.2. The van der Waals surface area contributed by atoms with Crippen LogP contribution in [0.25, 0.3) is 0 Å². The Hall–Kier alpha value is -2.16. The molecule has 3 aliphatic heterocycles. The smallest absolute Gasteiger partial charge is 0.312 e. The van der Waals surface area contributed by atoms with Crippen LogP contribution in [0.1, 0.15) is 46.0 Å². The fraction of sp³-hybridized carbons (Fsp3) is 0.625. The van der Waals surface area contributed by atoms with E-state index in [-0.39, 0.29) is 25.0 Å². The third kappa shape index (κ3) is 3.82. The average molecular weight is 479 g/mol. The number of likely N-dealkylation sites (tertiary alicyclic amines) is 1. The lowest BCUT2D eigenvalue weighted by Gasteiger charge is -2.33. The summed E-state index contributed by atoms with van der Waals surface area (Å²) in [6, 6.07) is 5.88. The lowest BCUT2D eigenvalue weighted by Crippen LogP contribution is -2.53. The van der Waals surface area contributed by atoms with Crippen LogP contribution < -0.4 is 5.32 Å². The van der Waals surface area contributed by atoms with Crippen LogP contribution in [0.5, 0.6) is 0 Å². The zero-order valence-electron chi connectivity index (χ0n) is 19.0. The molecule has 0 aliphatic carbocycles. The molecule has 1 aromatic rings. The van der Waals surface area contributed by atoms with Gasteiger partial charge in [-0.15, -0.1) is 0 Å². The molecule has 0 radical (unpaired) electrons. The van der Waals surface area contributed by atoms with E-state index in [4.69, 9.17) is 21.1 Å². The van der Waals surface area contributed by atoms with Crippen LogP contribution in [0.2, 0.25) is 5.02 Å². The number of nitrogens with zero attached hydrogens (tertiary/aromatic N) is 1. The number of nitrogens with one attached hydrogen (secondary N) is 1. The number of fused-ring (bicyclic) bond motifs is 1. The van der Waals surface area contributed by atoms with Gasteiger partial charge in [-0.05, 0) is 63.3 Å². The first-order valence-corrected chi connectivity index (χ1v) is 12.1. The lowest BCUT2D eigenvalue weighted by molar-refractivity contribution is -0.160. The molecular formula is C24H31ClN2O6. The van der Waals surface area contributed by atoms with Gasteiger partial charge >= 0.3 is 5.97 Å². The number of anilines is 1. The van der Waals surface area contributed by atoms with Gasteiger partial charge in [0.1, 0.15) is 17.6 Å². The molecule has 180 valence electrons. The molecule has 8 nitrogen and oxygen atoms in total. The monoisotopic (exact) mass is 478 g/mol. The minimum absolute atomic E-state index is 0.000857. The molecule has 3 heterocycles. The number of amides is 2. The van der Waals surface area contributed by atoms with Crippen molar-refractivity contribution in [3.8, 4) is 0 Å². The number of carbonyl (C=O) groups is 3. The summed E-state index contributed by atoms with van der Waals surface area (Å²) >= 11 is 5.96. The van der Waals surface area contributed by atoms with E-state index in [0.717, 1.165) is 0 Å². The summed E-state index contributed by atoms with van der Waals surface area (Å²) < 4.78 is 12.0. The van der Waals surface area contributed by atoms with Gasteiger partial charge in [-0.25, -0.2) is 0 Å². The predicted molar refractivity (Wildman–Crippen MR) is 122 cm³/mol. The van der Waals surface area contributed by atoms with Gasteiger partial charge in [0, 0.05) is 23.9 Å². The Morgan fingerprint density at radius 2 is 1.97 bits per heavy atom. The molecule has 1 spiro atoms. The molecule has 5 atom stereocenters. The van der Waals surface area contributed by atoms with E-state index in [1.807, 2.05) is 6.92 Å². The number of aliphatic hydroxyl groups is 1. The second-order valence-electron chi connectivity index (χ2n) is 9.04. The molecule has 4 rings (SSSR count). The first kappa shape index (κ1) is 24.0. The summed E-state index contributed by atoms with van der Waals surface area (Å²) in [4.78, 5) is 41.9. The molecule has 2 unspecified atom stereocenters. The van der Waals surface area contributed by atoms with Gasteiger partial charge in [0.15, 0.2) is 0 Å². The Morgan fingerprint density at radius 1 is 1.24 bits per heavy atom. The highest BCUT2D eigenvalue weighted by Gasteiger charge is 2.78. The second-order valence-corrected chi connectivity index (χ2v) is 9.48. The van der Waals surface area contributed by atoms with Crippen molar-refractivity contribution in [1.29, 1.82) is 0 Å². The SMILES string of the molecule is CCOC(=O)[C@@H]1[C@H]2C(=O)N(CCCCO)C(C(=O)Nc3ccc(Cl)cc3)C23CC[C@@]1(CC)O3. The van der Waals surface area contributed by atoms with Gasteiger partial charge in [0.2, 0.25) is 11.8 Å². The van der Waals surface area contributed by atoms with Crippen LogP contribution in [0, 0.1) is 11.8 Å². The maximum absolute atomic E-state index is 13.7. The van der Waals surface area contributed by atoms with Gasteiger partial charge in [-0.2, -0.15) is 0 Å². The largest absolute Gasteiger partial charge is 0.466 e. The summed E-state index contributed by atoms with van der Waals surface area (Å²) in [6.07, 6.45) is 2.71. The Bertz CT molecular complexity index is 924. The van der Waals surface area contributed by atoms with Crippen molar-refractivity contribution in [2.75, 3.05) is 25.1 Å². The van der Waals surface area contributed by atoms with Crippen molar-refractivity contribution in [3.05, 3.63) is 29.3 Å². The number of esters is 1. The minimum atomic E-state index is -1.08. The number of aliphatic hydroxyl groups excluding tert-OH is 1. The van der Waals surface area contributed by atoms with Gasteiger partial charge < -0.3 is 24.8 Å². The number of hydrogen-bond acceptors (Lipinski definition) is 6. The molecule has 2 N–H and O–H groups in total. The summed E-state index contributed by atoms with van der Waals surface area (Å²) in [5.41, 5.74) is -1.32. The quantitative estimate of drug-likeness (QED) is 0.417.